The molecule has 0 spiro atoms. The minimum absolute atomic E-state index is 0.0953. The predicted octanol–water partition coefficient (Wildman–Crippen LogP) is 2.97. The van der Waals surface area contributed by atoms with E-state index in [0.717, 1.165) is 44.6 Å². The van der Waals surface area contributed by atoms with Crippen molar-refractivity contribution >= 4 is 11.9 Å². The summed E-state index contributed by atoms with van der Waals surface area (Å²) >= 11 is 0. The summed E-state index contributed by atoms with van der Waals surface area (Å²) in [5.41, 5.74) is 0.898. The molecule has 0 aromatic heterocycles. The van der Waals surface area contributed by atoms with Crippen molar-refractivity contribution in [3.05, 3.63) is 35.9 Å². The fourth-order valence-electron chi connectivity index (χ4n) is 3.83. The van der Waals surface area contributed by atoms with Crippen LogP contribution in [0.15, 0.2) is 35.3 Å². The fourth-order valence-corrected chi connectivity index (χ4v) is 3.83. The van der Waals surface area contributed by atoms with Crippen LogP contribution in [-0.4, -0.2) is 57.6 Å². The summed E-state index contributed by atoms with van der Waals surface area (Å²) in [6.07, 6.45) is 5.10. The highest BCUT2D eigenvalue weighted by molar-refractivity contribution is 5.85. The number of nitrogens with zero attached hydrogens (tertiary/aromatic N) is 2. The third-order valence-electron chi connectivity index (χ3n) is 5.49. The maximum absolute atomic E-state index is 12.7. The van der Waals surface area contributed by atoms with Crippen molar-refractivity contribution in [2.45, 2.75) is 45.1 Å². The minimum atomic E-state index is -0.296. The van der Waals surface area contributed by atoms with Crippen molar-refractivity contribution in [3.8, 4) is 0 Å². The molecule has 1 saturated carbocycles. The van der Waals surface area contributed by atoms with Crippen LogP contribution in [0.4, 0.5) is 0 Å². The molecule has 6 heteroatoms. The van der Waals surface area contributed by atoms with Gasteiger partial charge in [0.1, 0.15) is 0 Å². The molecule has 0 bridgehead atoms. The summed E-state index contributed by atoms with van der Waals surface area (Å²) in [5.74, 6) is 0.963. The molecule has 156 valence electrons. The fraction of sp³-hybridized carbons (Fsp3) is 0.636. The van der Waals surface area contributed by atoms with Crippen molar-refractivity contribution in [2.75, 3.05) is 40.8 Å². The number of ether oxygens (including phenoxy) is 1. The predicted molar refractivity (Wildman–Crippen MR) is 114 cm³/mol. The van der Waals surface area contributed by atoms with Crippen molar-refractivity contribution < 1.29 is 9.53 Å². The van der Waals surface area contributed by atoms with Crippen LogP contribution in [-0.2, 0) is 9.53 Å². The van der Waals surface area contributed by atoms with Crippen molar-refractivity contribution in [1.82, 2.24) is 15.5 Å². The van der Waals surface area contributed by atoms with Crippen LogP contribution in [0.2, 0.25) is 0 Å². The second-order valence-electron chi connectivity index (χ2n) is 7.82. The van der Waals surface area contributed by atoms with Gasteiger partial charge in [-0.05, 0) is 31.7 Å². The Kier molecular flexibility index (Phi) is 8.77. The number of benzene rings is 1. The average molecular weight is 389 g/mol. The third kappa shape index (κ3) is 6.23. The van der Waals surface area contributed by atoms with Crippen LogP contribution in [0.5, 0.6) is 0 Å². The lowest BCUT2D eigenvalue weighted by Gasteiger charge is -2.31. The van der Waals surface area contributed by atoms with E-state index in [2.05, 4.69) is 34.7 Å². The van der Waals surface area contributed by atoms with Crippen LogP contribution < -0.4 is 10.6 Å². The van der Waals surface area contributed by atoms with Crippen molar-refractivity contribution in [2.24, 2.45) is 10.4 Å². The number of nitrogens with one attached hydrogen (secondary N) is 2. The Bertz CT molecular complexity index is 625. The standard InChI is InChI=1S/C22H36N4O2/c1-18(19-11-6-5-7-12-19)28-16-10-15-24-21(23-2)25-17-22(13-8-9-14-22)20(27)26(3)4/h5-7,11-12,18H,8-10,13-17H2,1-4H3,(H2,23,24,25). The van der Waals surface area contributed by atoms with Crippen LogP contribution in [0.25, 0.3) is 0 Å². The molecule has 2 rings (SSSR count). The molecule has 1 aliphatic carbocycles. The van der Waals surface area contributed by atoms with E-state index >= 15 is 0 Å². The summed E-state index contributed by atoms with van der Waals surface area (Å²) in [7, 11) is 5.44. The molecule has 0 radical (unpaired) electrons. The summed E-state index contributed by atoms with van der Waals surface area (Å²) in [4.78, 5) is 18.7. The molecular weight excluding hydrogens is 352 g/mol. The van der Waals surface area contributed by atoms with Gasteiger partial charge >= 0.3 is 0 Å². The smallest absolute Gasteiger partial charge is 0.230 e. The van der Waals surface area contributed by atoms with E-state index < -0.39 is 0 Å². The SMILES string of the molecule is CN=C(NCCCOC(C)c1ccccc1)NCC1(C(=O)N(C)C)CCCC1. The highest BCUT2D eigenvalue weighted by Gasteiger charge is 2.42. The maximum Gasteiger partial charge on any atom is 0.230 e. The lowest BCUT2D eigenvalue weighted by atomic mass is 9.84. The van der Waals surface area contributed by atoms with Gasteiger partial charge in [0.2, 0.25) is 5.91 Å². The van der Waals surface area contributed by atoms with E-state index in [9.17, 15) is 4.79 Å². The van der Waals surface area contributed by atoms with Gasteiger partial charge in [-0.2, -0.15) is 0 Å². The van der Waals surface area contributed by atoms with Gasteiger partial charge in [0, 0.05) is 40.8 Å². The second-order valence-corrected chi connectivity index (χ2v) is 7.82. The molecule has 1 atom stereocenters. The Labute approximate surface area is 169 Å². The zero-order valence-electron chi connectivity index (χ0n) is 17.8. The Morgan fingerprint density at radius 3 is 2.50 bits per heavy atom. The quantitative estimate of drug-likeness (QED) is 0.388. The molecule has 1 amide bonds. The number of aliphatic imine (C=N–C) groups is 1. The Morgan fingerprint density at radius 1 is 1.21 bits per heavy atom. The van der Waals surface area contributed by atoms with Gasteiger partial charge in [-0.15, -0.1) is 0 Å². The highest BCUT2D eigenvalue weighted by atomic mass is 16.5. The first-order valence-corrected chi connectivity index (χ1v) is 10.3. The largest absolute Gasteiger partial charge is 0.374 e. The van der Waals surface area contributed by atoms with E-state index in [0.29, 0.717) is 13.2 Å². The molecule has 28 heavy (non-hydrogen) atoms. The van der Waals surface area contributed by atoms with Crippen molar-refractivity contribution in [1.29, 1.82) is 0 Å². The summed E-state index contributed by atoms with van der Waals surface area (Å²) in [5, 5.41) is 6.69. The summed E-state index contributed by atoms with van der Waals surface area (Å²) in [6, 6.07) is 10.3. The zero-order valence-corrected chi connectivity index (χ0v) is 17.8. The first kappa shape index (κ1) is 22.2. The van der Waals surface area contributed by atoms with E-state index in [-0.39, 0.29) is 17.4 Å². The van der Waals surface area contributed by atoms with Gasteiger partial charge in [-0.25, -0.2) is 0 Å². The van der Waals surface area contributed by atoms with Crippen molar-refractivity contribution in [3.63, 3.8) is 0 Å². The number of carbonyl (C=O) groups excluding carboxylic acids is 1. The molecule has 0 aliphatic heterocycles. The van der Waals surface area contributed by atoms with Gasteiger partial charge in [0.05, 0.1) is 11.5 Å². The lowest BCUT2D eigenvalue weighted by molar-refractivity contribution is -0.138. The minimum Gasteiger partial charge on any atom is -0.374 e. The molecule has 1 unspecified atom stereocenters. The zero-order chi connectivity index (χ0) is 20.4. The Hall–Kier alpha value is -2.08. The normalized spacial score (nSPS) is 17.2. The average Bonchev–Trinajstić information content (AvgIpc) is 3.19. The highest BCUT2D eigenvalue weighted by Crippen LogP contribution is 2.38. The molecular formula is C22H36N4O2. The van der Waals surface area contributed by atoms with Gasteiger partial charge in [0.15, 0.2) is 5.96 Å². The third-order valence-corrected chi connectivity index (χ3v) is 5.49. The number of rotatable bonds is 9. The summed E-state index contributed by atoms with van der Waals surface area (Å²) in [6.45, 7) is 4.16. The number of guanidine groups is 1. The molecule has 0 saturated heterocycles. The van der Waals surface area contributed by atoms with E-state index in [4.69, 9.17) is 4.74 Å². The number of hydrogen-bond donors (Lipinski definition) is 2. The molecule has 1 fully saturated rings. The number of hydrogen-bond acceptors (Lipinski definition) is 3. The van der Waals surface area contributed by atoms with E-state index in [1.807, 2.05) is 32.3 Å². The molecule has 0 heterocycles. The lowest BCUT2D eigenvalue weighted by Crippen LogP contribution is -2.49. The first-order valence-electron chi connectivity index (χ1n) is 10.3. The Morgan fingerprint density at radius 2 is 1.89 bits per heavy atom. The molecule has 1 aromatic carbocycles. The Balaban J connectivity index is 1.70. The molecule has 1 aromatic rings. The second kappa shape index (κ2) is 11.1. The van der Waals surface area contributed by atoms with E-state index in [1.54, 1.807) is 11.9 Å². The van der Waals surface area contributed by atoms with Crippen LogP contribution in [0.1, 0.15) is 50.7 Å². The number of carbonyl (C=O) groups is 1. The molecule has 6 nitrogen and oxygen atoms in total. The molecule has 1 aliphatic rings. The maximum atomic E-state index is 12.7. The van der Waals surface area contributed by atoms with Crippen LogP contribution in [0.3, 0.4) is 0 Å². The van der Waals surface area contributed by atoms with Gasteiger partial charge < -0.3 is 20.3 Å². The molecule has 2 N–H and O–H groups in total. The first-order chi connectivity index (χ1) is 13.5. The van der Waals surface area contributed by atoms with E-state index in [1.165, 1.54) is 5.56 Å². The van der Waals surface area contributed by atoms with Crippen LogP contribution >= 0.6 is 0 Å². The van der Waals surface area contributed by atoms with Crippen LogP contribution in [0, 0.1) is 5.41 Å². The monoisotopic (exact) mass is 388 g/mol. The van der Waals surface area contributed by atoms with Gasteiger partial charge in [0.25, 0.3) is 0 Å². The number of amides is 1. The van der Waals surface area contributed by atoms with Gasteiger partial charge in [-0.1, -0.05) is 43.2 Å². The summed E-state index contributed by atoms with van der Waals surface area (Å²) < 4.78 is 5.91. The van der Waals surface area contributed by atoms with Gasteiger partial charge in [-0.3, -0.25) is 9.79 Å². The topological polar surface area (TPSA) is 66.0 Å².